The molecular weight excluding hydrogens is 324 g/mol. The summed E-state index contributed by atoms with van der Waals surface area (Å²) in [7, 11) is 0. The summed E-state index contributed by atoms with van der Waals surface area (Å²) in [5, 5.41) is 3.46. The van der Waals surface area contributed by atoms with Crippen LogP contribution in [-0.4, -0.2) is 55.1 Å². The topological polar surface area (TPSA) is 48.5 Å². The van der Waals surface area contributed by atoms with Crippen LogP contribution in [0.25, 0.3) is 0 Å². The summed E-state index contributed by atoms with van der Waals surface area (Å²) in [6.45, 7) is 5.33. The van der Waals surface area contributed by atoms with Crippen LogP contribution < -0.4 is 10.2 Å². The number of piperidine rings is 1. The van der Waals surface area contributed by atoms with Crippen molar-refractivity contribution in [3.8, 4) is 0 Å². The Hall–Kier alpha value is -2.40. The van der Waals surface area contributed by atoms with Gasteiger partial charge < -0.3 is 15.1 Å². The zero-order chi connectivity index (χ0) is 17.8. The third-order valence-corrected chi connectivity index (χ3v) is 5.48. The molecule has 0 aliphatic carbocycles. The molecule has 136 valence electrons. The van der Waals surface area contributed by atoms with Crippen LogP contribution in [0, 0.1) is 0 Å². The van der Waals surface area contributed by atoms with Gasteiger partial charge in [0.05, 0.1) is 11.9 Å². The van der Waals surface area contributed by atoms with Crippen molar-refractivity contribution in [3.63, 3.8) is 0 Å². The molecule has 26 heavy (non-hydrogen) atoms. The lowest BCUT2D eigenvalue weighted by atomic mass is 9.90. The molecule has 0 saturated carbocycles. The van der Waals surface area contributed by atoms with Gasteiger partial charge in [0.25, 0.3) is 5.91 Å². The maximum atomic E-state index is 13.0. The summed E-state index contributed by atoms with van der Waals surface area (Å²) in [5.74, 6) is 0.681. The third kappa shape index (κ3) is 3.73. The van der Waals surface area contributed by atoms with Crippen LogP contribution in [0.5, 0.6) is 0 Å². The number of nitrogens with zero attached hydrogens (tertiary/aromatic N) is 3. The molecule has 2 aliphatic heterocycles. The van der Waals surface area contributed by atoms with Gasteiger partial charge >= 0.3 is 0 Å². The number of benzene rings is 1. The number of piperazine rings is 1. The fourth-order valence-corrected chi connectivity index (χ4v) is 3.95. The Balaban J connectivity index is 1.40. The van der Waals surface area contributed by atoms with Crippen molar-refractivity contribution in [1.82, 2.24) is 15.2 Å². The Labute approximate surface area is 155 Å². The predicted octanol–water partition coefficient (Wildman–Crippen LogP) is 2.51. The minimum atomic E-state index is 0.154. The van der Waals surface area contributed by atoms with E-state index in [4.69, 9.17) is 0 Å². The van der Waals surface area contributed by atoms with Crippen LogP contribution in [0.2, 0.25) is 0 Å². The van der Waals surface area contributed by atoms with Gasteiger partial charge in [0.15, 0.2) is 0 Å². The van der Waals surface area contributed by atoms with Gasteiger partial charge in [-0.2, -0.15) is 0 Å². The van der Waals surface area contributed by atoms with Gasteiger partial charge in [0.2, 0.25) is 0 Å². The van der Waals surface area contributed by atoms with E-state index in [-0.39, 0.29) is 5.91 Å². The Kier molecular flexibility index (Phi) is 5.16. The van der Waals surface area contributed by atoms with Gasteiger partial charge in [0.1, 0.15) is 0 Å². The largest absolute Gasteiger partial charge is 0.367 e. The summed E-state index contributed by atoms with van der Waals surface area (Å²) in [5.41, 5.74) is 3.24. The number of pyridine rings is 1. The molecule has 0 radical (unpaired) electrons. The Morgan fingerprint density at radius 2 is 2.00 bits per heavy atom. The SMILES string of the molecule is O=C(c1cccc([C@@H]2CCCNC2)c1)N1CCN(c2cccnc2)CC1. The quantitative estimate of drug-likeness (QED) is 0.924. The normalized spacial score (nSPS) is 20.8. The van der Waals surface area contributed by atoms with E-state index in [1.165, 1.54) is 18.4 Å². The van der Waals surface area contributed by atoms with Crippen LogP contribution >= 0.6 is 0 Å². The van der Waals surface area contributed by atoms with E-state index in [0.717, 1.165) is 50.5 Å². The number of aromatic nitrogens is 1. The summed E-state index contributed by atoms with van der Waals surface area (Å²) in [4.78, 5) is 21.4. The summed E-state index contributed by atoms with van der Waals surface area (Å²) in [6.07, 6.45) is 6.09. The lowest BCUT2D eigenvalue weighted by Gasteiger charge is -2.36. The first-order chi connectivity index (χ1) is 12.8. The molecule has 5 nitrogen and oxygen atoms in total. The van der Waals surface area contributed by atoms with Crippen molar-refractivity contribution in [1.29, 1.82) is 0 Å². The number of anilines is 1. The number of carbonyl (C=O) groups is 1. The highest BCUT2D eigenvalue weighted by Gasteiger charge is 2.23. The van der Waals surface area contributed by atoms with Crippen molar-refractivity contribution < 1.29 is 4.79 Å². The molecule has 4 rings (SSSR count). The standard InChI is InChI=1S/C21H26N4O/c26-21(18-5-1-4-17(14-18)19-6-2-8-22-15-19)25-12-10-24(11-13-25)20-7-3-9-23-16-20/h1,3-5,7,9,14,16,19,22H,2,6,8,10-13,15H2/t19-/m1/s1. The molecule has 0 spiro atoms. The predicted molar refractivity (Wildman–Crippen MR) is 104 cm³/mol. The lowest BCUT2D eigenvalue weighted by Crippen LogP contribution is -2.48. The smallest absolute Gasteiger partial charge is 0.253 e. The van der Waals surface area contributed by atoms with E-state index >= 15 is 0 Å². The van der Waals surface area contributed by atoms with E-state index in [9.17, 15) is 4.79 Å². The number of amides is 1. The van der Waals surface area contributed by atoms with Gasteiger partial charge in [-0.25, -0.2) is 0 Å². The first kappa shape index (κ1) is 17.0. The van der Waals surface area contributed by atoms with Gasteiger partial charge in [0, 0.05) is 44.5 Å². The van der Waals surface area contributed by atoms with E-state index in [1.54, 1.807) is 6.20 Å². The van der Waals surface area contributed by atoms with E-state index in [2.05, 4.69) is 33.4 Å². The Bertz CT molecular complexity index is 735. The van der Waals surface area contributed by atoms with E-state index < -0.39 is 0 Å². The maximum absolute atomic E-state index is 13.0. The van der Waals surface area contributed by atoms with E-state index in [1.807, 2.05) is 29.3 Å². The van der Waals surface area contributed by atoms with Crippen LogP contribution in [-0.2, 0) is 0 Å². The van der Waals surface area contributed by atoms with Crippen LogP contribution in [0.3, 0.4) is 0 Å². The van der Waals surface area contributed by atoms with Gasteiger partial charge in [-0.1, -0.05) is 12.1 Å². The summed E-state index contributed by atoms with van der Waals surface area (Å²) >= 11 is 0. The number of nitrogens with one attached hydrogen (secondary N) is 1. The van der Waals surface area contributed by atoms with Crippen molar-refractivity contribution in [2.45, 2.75) is 18.8 Å². The van der Waals surface area contributed by atoms with Crippen molar-refractivity contribution >= 4 is 11.6 Å². The monoisotopic (exact) mass is 350 g/mol. The fourth-order valence-electron chi connectivity index (χ4n) is 3.95. The van der Waals surface area contributed by atoms with Crippen molar-refractivity contribution in [2.24, 2.45) is 0 Å². The average molecular weight is 350 g/mol. The van der Waals surface area contributed by atoms with Gasteiger partial charge in [-0.05, 0) is 55.1 Å². The second-order valence-corrected chi connectivity index (χ2v) is 7.16. The number of hydrogen-bond acceptors (Lipinski definition) is 4. The van der Waals surface area contributed by atoms with Crippen LogP contribution in [0.15, 0.2) is 48.8 Å². The highest BCUT2D eigenvalue weighted by Crippen LogP contribution is 2.24. The fraction of sp³-hybridized carbons (Fsp3) is 0.429. The molecule has 2 aromatic rings. The molecule has 2 fully saturated rings. The molecule has 1 atom stereocenters. The zero-order valence-corrected chi connectivity index (χ0v) is 15.1. The highest BCUT2D eigenvalue weighted by molar-refractivity contribution is 5.94. The number of carbonyl (C=O) groups excluding carboxylic acids is 1. The molecule has 1 N–H and O–H groups in total. The highest BCUT2D eigenvalue weighted by atomic mass is 16.2. The summed E-state index contributed by atoms with van der Waals surface area (Å²) in [6, 6.07) is 12.3. The molecule has 1 amide bonds. The second-order valence-electron chi connectivity index (χ2n) is 7.16. The first-order valence-corrected chi connectivity index (χ1v) is 9.56. The molecule has 1 aromatic carbocycles. The van der Waals surface area contributed by atoms with Crippen molar-refractivity contribution in [3.05, 3.63) is 59.9 Å². The minimum Gasteiger partial charge on any atom is -0.367 e. The van der Waals surface area contributed by atoms with Crippen molar-refractivity contribution in [2.75, 3.05) is 44.2 Å². The maximum Gasteiger partial charge on any atom is 0.253 e. The Morgan fingerprint density at radius 3 is 2.73 bits per heavy atom. The van der Waals surface area contributed by atoms with Gasteiger partial charge in [-0.3, -0.25) is 9.78 Å². The zero-order valence-electron chi connectivity index (χ0n) is 15.1. The number of hydrogen-bond donors (Lipinski definition) is 1. The molecule has 0 bridgehead atoms. The lowest BCUT2D eigenvalue weighted by molar-refractivity contribution is 0.0746. The minimum absolute atomic E-state index is 0.154. The molecule has 5 heteroatoms. The summed E-state index contributed by atoms with van der Waals surface area (Å²) < 4.78 is 0. The van der Waals surface area contributed by atoms with E-state index in [0.29, 0.717) is 5.92 Å². The number of rotatable bonds is 3. The first-order valence-electron chi connectivity index (χ1n) is 9.56. The van der Waals surface area contributed by atoms with Gasteiger partial charge in [-0.15, -0.1) is 0 Å². The average Bonchev–Trinajstić information content (AvgIpc) is 2.75. The van der Waals surface area contributed by atoms with Crippen LogP contribution in [0.1, 0.15) is 34.7 Å². The Morgan fingerprint density at radius 1 is 1.12 bits per heavy atom. The molecule has 2 aliphatic rings. The third-order valence-electron chi connectivity index (χ3n) is 5.48. The molecule has 3 heterocycles. The second kappa shape index (κ2) is 7.87. The molecule has 1 aromatic heterocycles. The molecule has 2 saturated heterocycles. The molecule has 0 unspecified atom stereocenters. The van der Waals surface area contributed by atoms with Crippen LogP contribution in [0.4, 0.5) is 5.69 Å². The molecular formula is C21H26N4O.